The van der Waals surface area contributed by atoms with Gasteiger partial charge in [-0.3, -0.25) is 9.10 Å². The molecule has 0 aromatic heterocycles. The maximum Gasteiger partial charge on any atom is 0.251 e. The zero-order chi connectivity index (χ0) is 16.2. The zero-order valence-electron chi connectivity index (χ0n) is 13.5. The van der Waals surface area contributed by atoms with Crippen molar-refractivity contribution in [1.29, 1.82) is 0 Å². The van der Waals surface area contributed by atoms with Gasteiger partial charge in [-0.05, 0) is 56.6 Å². The van der Waals surface area contributed by atoms with Gasteiger partial charge in [0.1, 0.15) is 0 Å². The first-order valence-corrected chi connectivity index (χ1v) is 9.32. The number of carbonyl (C=O) groups is 1. The number of hydrogen-bond donors (Lipinski definition) is 2. The van der Waals surface area contributed by atoms with Crippen LogP contribution in [0, 0.1) is 0 Å². The van der Waals surface area contributed by atoms with E-state index in [1.54, 1.807) is 18.2 Å². The molecule has 0 spiro atoms. The molecule has 0 aliphatic carbocycles. The molecule has 23 heavy (non-hydrogen) atoms. The molecule has 0 atom stereocenters. The standard InChI is InChI=1S/C15H23N3O3S.ClH/c1-16-8-4-9-17-15(19)13-6-7-14-12(11-13)5-3-10-18(14)22(2,20)21;/h6-7,11,16H,3-5,8-10H2,1-2H3,(H,17,19);1H. The minimum atomic E-state index is -3.27. The molecule has 1 aliphatic rings. The summed E-state index contributed by atoms with van der Waals surface area (Å²) in [6.07, 6.45) is 3.65. The average Bonchev–Trinajstić information content (AvgIpc) is 2.49. The molecular weight excluding hydrogens is 338 g/mol. The van der Waals surface area contributed by atoms with Crippen LogP contribution in [0.2, 0.25) is 0 Å². The lowest BCUT2D eigenvalue weighted by molar-refractivity contribution is 0.0953. The van der Waals surface area contributed by atoms with E-state index in [2.05, 4.69) is 10.6 Å². The highest BCUT2D eigenvalue weighted by molar-refractivity contribution is 7.92. The number of amides is 1. The van der Waals surface area contributed by atoms with E-state index in [1.165, 1.54) is 10.6 Å². The van der Waals surface area contributed by atoms with Crippen molar-refractivity contribution in [2.45, 2.75) is 19.3 Å². The Labute approximate surface area is 144 Å². The second-order valence-electron chi connectivity index (χ2n) is 5.50. The molecule has 0 saturated carbocycles. The molecule has 0 radical (unpaired) electrons. The van der Waals surface area contributed by atoms with Crippen molar-refractivity contribution in [3.8, 4) is 0 Å². The van der Waals surface area contributed by atoms with E-state index in [9.17, 15) is 13.2 Å². The molecule has 1 aliphatic heterocycles. The van der Waals surface area contributed by atoms with Gasteiger partial charge in [0.25, 0.3) is 5.91 Å². The number of rotatable bonds is 6. The van der Waals surface area contributed by atoms with Gasteiger partial charge in [-0.15, -0.1) is 12.4 Å². The fourth-order valence-electron chi connectivity index (χ4n) is 2.62. The van der Waals surface area contributed by atoms with Crippen LogP contribution in [0.1, 0.15) is 28.8 Å². The van der Waals surface area contributed by atoms with Gasteiger partial charge in [0.05, 0.1) is 11.9 Å². The fraction of sp³-hybridized carbons (Fsp3) is 0.533. The molecule has 0 saturated heterocycles. The lowest BCUT2D eigenvalue weighted by Crippen LogP contribution is -2.34. The van der Waals surface area contributed by atoms with Gasteiger partial charge in [-0.1, -0.05) is 0 Å². The van der Waals surface area contributed by atoms with Gasteiger partial charge >= 0.3 is 0 Å². The summed E-state index contributed by atoms with van der Waals surface area (Å²) < 4.78 is 25.0. The van der Waals surface area contributed by atoms with Crippen molar-refractivity contribution in [2.24, 2.45) is 0 Å². The van der Waals surface area contributed by atoms with Crippen molar-refractivity contribution < 1.29 is 13.2 Å². The Balaban J connectivity index is 0.00000264. The topological polar surface area (TPSA) is 78.5 Å². The first-order chi connectivity index (χ1) is 10.4. The quantitative estimate of drug-likeness (QED) is 0.745. The minimum Gasteiger partial charge on any atom is -0.352 e. The van der Waals surface area contributed by atoms with Gasteiger partial charge in [-0.25, -0.2) is 8.42 Å². The average molecular weight is 362 g/mol. The van der Waals surface area contributed by atoms with Crippen molar-refractivity contribution in [2.75, 3.05) is 37.2 Å². The fourth-order valence-corrected chi connectivity index (χ4v) is 3.61. The highest BCUT2D eigenvalue weighted by Gasteiger charge is 2.24. The Morgan fingerprint density at radius 3 is 2.70 bits per heavy atom. The number of benzene rings is 1. The van der Waals surface area contributed by atoms with Gasteiger partial charge < -0.3 is 10.6 Å². The first-order valence-electron chi connectivity index (χ1n) is 7.47. The van der Waals surface area contributed by atoms with Crippen molar-refractivity contribution >= 4 is 34.0 Å². The maximum atomic E-state index is 12.1. The summed E-state index contributed by atoms with van der Waals surface area (Å²) in [6, 6.07) is 5.23. The summed E-state index contributed by atoms with van der Waals surface area (Å²) in [4.78, 5) is 12.1. The number of nitrogens with zero attached hydrogens (tertiary/aromatic N) is 1. The number of halogens is 1. The monoisotopic (exact) mass is 361 g/mol. The van der Waals surface area contributed by atoms with Gasteiger partial charge in [0.2, 0.25) is 10.0 Å². The second kappa shape index (κ2) is 8.52. The smallest absolute Gasteiger partial charge is 0.251 e. The third kappa shape index (κ3) is 5.09. The van der Waals surface area contributed by atoms with Gasteiger partial charge in [0.15, 0.2) is 0 Å². The van der Waals surface area contributed by atoms with E-state index in [4.69, 9.17) is 0 Å². The third-order valence-electron chi connectivity index (χ3n) is 3.71. The molecule has 1 heterocycles. The van der Waals surface area contributed by atoms with Crippen LogP contribution in [0.15, 0.2) is 18.2 Å². The highest BCUT2D eigenvalue weighted by atomic mass is 35.5. The number of sulfonamides is 1. The molecule has 2 rings (SSSR count). The number of anilines is 1. The summed E-state index contributed by atoms with van der Waals surface area (Å²) >= 11 is 0. The lowest BCUT2D eigenvalue weighted by atomic mass is 10.0. The first kappa shape index (κ1) is 19.7. The third-order valence-corrected chi connectivity index (χ3v) is 4.89. The van der Waals surface area contributed by atoms with Crippen LogP contribution in [0.5, 0.6) is 0 Å². The molecule has 2 N–H and O–H groups in total. The van der Waals surface area contributed by atoms with E-state index >= 15 is 0 Å². The van der Waals surface area contributed by atoms with Gasteiger partial charge in [0, 0.05) is 18.7 Å². The van der Waals surface area contributed by atoms with E-state index in [0.29, 0.717) is 24.3 Å². The SMILES string of the molecule is CNCCCNC(=O)c1ccc2c(c1)CCCN2S(C)(=O)=O.Cl. The maximum absolute atomic E-state index is 12.1. The molecule has 1 aromatic rings. The van der Waals surface area contributed by atoms with Crippen molar-refractivity contribution in [3.63, 3.8) is 0 Å². The molecule has 0 bridgehead atoms. The van der Waals surface area contributed by atoms with Crippen LogP contribution < -0.4 is 14.9 Å². The Morgan fingerprint density at radius 1 is 1.30 bits per heavy atom. The Kier molecular flexibility index (Phi) is 7.31. The highest BCUT2D eigenvalue weighted by Crippen LogP contribution is 2.29. The van der Waals surface area contributed by atoms with Crippen LogP contribution in [0.4, 0.5) is 5.69 Å². The van der Waals surface area contributed by atoms with E-state index < -0.39 is 10.0 Å². The summed E-state index contributed by atoms with van der Waals surface area (Å²) in [6.45, 7) is 1.97. The number of carbonyl (C=O) groups excluding carboxylic acids is 1. The zero-order valence-corrected chi connectivity index (χ0v) is 15.1. The van der Waals surface area contributed by atoms with Crippen LogP contribution in [0.25, 0.3) is 0 Å². The Hall–Kier alpha value is -1.31. The van der Waals surface area contributed by atoms with Gasteiger partial charge in [-0.2, -0.15) is 0 Å². The molecule has 0 fully saturated rings. The summed E-state index contributed by atoms with van der Waals surface area (Å²) in [5.74, 6) is -0.115. The molecular formula is C15H24ClN3O3S. The van der Waals surface area contributed by atoms with E-state index in [0.717, 1.165) is 31.4 Å². The molecule has 8 heteroatoms. The number of aryl methyl sites for hydroxylation is 1. The lowest BCUT2D eigenvalue weighted by Gasteiger charge is -2.29. The molecule has 1 amide bonds. The predicted octanol–water partition coefficient (Wildman–Crippen LogP) is 1.16. The number of hydrogen-bond acceptors (Lipinski definition) is 4. The van der Waals surface area contributed by atoms with Crippen molar-refractivity contribution in [3.05, 3.63) is 29.3 Å². The number of nitrogens with one attached hydrogen (secondary N) is 2. The van der Waals surface area contributed by atoms with E-state index in [-0.39, 0.29) is 18.3 Å². The molecule has 130 valence electrons. The van der Waals surface area contributed by atoms with Crippen LogP contribution in [0.3, 0.4) is 0 Å². The Morgan fingerprint density at radius 2 is 2.04 bits per heavy atom. The number of fused-ring (bicyclic) bond motifs is 1. The summed E-state index contributed by atoms with van der Waals surface area (Å²) in [5.41, 5.74) is 2.19. The summed E-state index contributed by atoms with van der Waals surface area (Å²) in [5, 5.41) is 5.90. The largest absolute Gasteiger partial charge is 0.352 e. The normalized spacial score (nSPS) is 13.9. The van der Waals surface area contributed by atoms with Crippen LogP contribution >= 0.6 is 12.4 Å². The predicted molar refractivity (Wildman–Crippen MR) is 95.1 cm³/mol. The minimum absolute atomic E-state index is 0. The van der Waals surface area contributed by atoms with Crippen LogP contribution in [-0.4, -0.2) is 47.3 Å². The second-order valence-corrected chi connectivity index (χ2v) is 7.40. The molecule has 0 unspecified atom stereocenters. The molecule has 1 aromatic carbocycles. The Bertz CT molecular complexity index is 649. The van der Waals surface area contributed by atoms with Crippen LogP contribution in [-0.2, 0) is 16.4 Å². The molecule has 6 nitrogen and oxygen atoms in total. The summed E-state index contributed by atoms with van der Waals surface area (Å²) in [7, 11) is -1.39. The van der Waals surface area contributed by atoms with E-state index in [1.807, 2.05) is 7.05 Å². The van der Waals surface area contributed by atoms with Crippen molar-refractivity contribution in [1.82, 2.24) is 10.6 Å².